The fourth-order valence-corrected chi connectivity index (χ4v) is 1.72. The monoisotopic (exact) mass is 284 g/mol. The van der Waals surface area contributed by atoms with Gasteiger partial charge in [0, 0.05) is 12.1 Å². The average Bonchev–Trinajstić information content (AvgIpc) is 3.19. The van der Waals surface area contributed by atoms with Gasteiger partial charge >= 0.3 is 0 Å². The first-order valence-electron chi connectivity index (χ1n) is 6.32. The van der Waals surface area contributed by atoms with E-state index in [0.29, 0.717) is 17.9 Å². The molecule has 3 aromatic rings. The maximum absolute atomic E-state index is 12.0. The summed E-state index contributed by atoms with van der Waals surface area (Å²) in [4.78, 5) is 16.0. The summed E-state index contributed by atoms with van der Waals surface area (Å²) in [6.45, 7) is 1.93. The number of rotatable bonds is 4. The summed E-state index contributed by atoms with van der Waals surface area (Å²) in [6.07, 6.45) is 2.19. The molecule has 0 atom stereocenters. The van der Waals surface area contributed by atoms with E-state index in [2.05, 4.69) is 36.0 Å². The second-order valence-electron chi connectivity index (χ2n) is 4.21. The molecule has 1 aromatic carbocycles. The molecule has 21 heavy (non-hydrogen) atoms. The van der Waals surface area contributed by atoms with Gasteiger partial charge in [0.25, 0.3) is 5.91 Å². The third kappa shape index (κ3) is 2.76. The first kappa shape index (κ1) is 12.9. The number of anilines is 1. The summed E-state index contributed by atoms with van der Waals surface area (Å²) in [5.41, 5.74) is 1.43. The van der Waals surface area contributed by atoms with E-state index in [1.54, 1.807) is 24.3 Å². The van der Waals surface area contributed by atoms with Crippen LogP contribution in [0.1, 0.15) is 23.4 Å². The van der Waals surface area contributed by atoms with Crippen molar-refractivity contribution in [3.05, 3.63) is 42.2 Å². The standard InChI is InChI=1S/C12H12N8O/c1-2-10-15-11(17-16-10)12(21)14-8-3-5-9(6-4-8)20-7-13-18-19-20/h3-7H,2H2,1H3,(H,14,21)(H,15,16,17). The van der Waals surface area contributed by atoms with Gasteiger partial charge in [-0.05, 0) is 34.7 Å². The molecule has 2 aromatic heterocycles. The Morgan fingerprint density at radius 1 is 1.33 bits per heavy atom. The van der Waals surface area contributed by atoms with Crippen molar-refractivity contribution in [1.29, 1.82) is 0 Å². The molecule has 0 fully saturated rings. The SMILES string of the molecule is CCc1nc(C(=O)Nc2ccc(-n3cnnn3)cc2)n[nH]1. The Labute approximate surface area is 119 Å². The molecular weight excluding hydrogens is 272 g/mol. The van der Waals surface area contributed by atoms with Crippen molar-refractivity contribution < 1.29 is 4.79 Å². The van der Waals surface area contributed by atoms with Crippen molar-refractivity contribution >= 4 is 11.6 Å². The molecule has 2 heterocycles. The number of aromatic nitrogens is 7. The quantitative estimate of drug-likeness (QED) is 0.725. The van der Waals surface area contributed by atoms with Gasteiger partial charge in [0.2, 0.25) is 5.82 Å². The second kappa shape index (κ2) is 5.49. The lowest BCUT2D eigenvalue weighted by atomic mass is 10.3. The summed E-state index contributed by atoms with van der Waals surface area (Å²) < 4.78 is 1.52. The molecule has 1 amide bonds. The smallest absolute Gasteiger partial charge is 0.295 e. The predicted octanol–water partition coefficient (Wildman–Crippen LogP) is 0.595. The summed E-state index contributed by atoms with van der Waals surface area (Å²) >= 11 is 0. The van der Waals surface area contributed by atoms with E-state index in [1.165, 1.54) is 11.0 Å². The van der Waals surface area contributed by atoms with Gasteiger partial charge in [-0.25, -0.2) is 9.67 Å². The van der Waals surface area contributed by atoms with Crippen LogP contribution in [0.25, 0.3) is 5.69 Å². The zero-order chi connectivity index (χ0) is 14.7. The van der Waals surface area contributed by atoms with Crippen LogP contribution < -0.4 is 5.32 Å². The number of aromatic amines is 1. The molecular formula is C12H12N8O. The minimum Gasteiger partial charge on any atom is -0.319 e. The largest absolute Gasteiger partial charge is 0.319 e. The van der Waals surface area contributed by atoms with Crippen molar-refractivity contribution in [3.63, 3.8) is 0 Å². The Bertz CT molecular complexity index is 731. The Morgan fingerprint density at radius 2 is 2.14 bits per heavy atom. The first-order valence-corrected chi connectivity index (χ1v) is 6.32. The van der Waals surface area contributed by atoms with Crippen LogP contribution in [-0.2, 0) is 6.42 Å². The van der Waals surface area contributed by atoms with E-state index >= 15 is 0 Å². The number of hydrogen-bond donors (Lipinski definition) is 2. The summed E-state index contributed by atoms with van der Waals surface area (Å²) in [5, 5.41) is 20.2. The molecule has 0 aliphatic rings. The third-order valence-electron chi connectivity index (χ3n) is 2.81. The van der Waals surface area contributed by atoms with E-state index < -0.39 is 0 Å². The second-order valence-corrected chi connectivity index (χ2v) is 4.21. The number of tetrazole rings is 1. The molecule has 0 saturated carbocycles. The van der Waals surface area contributed by atoms with E-state index in [9.17, 15) is 4.79 Å². The van der Waals surface area contributed by atoms with Gasteiger partial charge in [-0.15, -0.1) is 10.2 Å². The van der Waals surface area contributed by atoms with Crippen LogP contribution in [0.4, 0.5) is 5.69 Å². The lowest BCUT2D eigenvalue weighted by Crippen LogP contribution is -2.13. The van der Waals surface area contributed by atoms with Crippen LogP contribution >= 0.6 is 0 Å². The highest BCUT2D eigenvalue weighted by Crippen LogP contribution is 2.12. The van der Waals surface area contributed by atoms with Crippen molar-refractivity contribution in [2.24, 2.45) is 0 Å². The number of nitrogens with zero attached hydrogens (tertiary/aromatic N) is 6. The van der Waals surface area contributed by atoms with Gasteiger partial charge in [-0.3, -0.25) is 9.89 Å². The number of nitrogens with one attached hydrogen (secondary N) is 2. The van der Waals surface area contributed by atoms with Gasteiger partial charge in [-0.1, -0.05) is 6.92 Å². The molecule has 3 rings (SSSR count). The van der Waals surface area contributed by atoms with Gasteiger partial charge in [0.1, 0.15) is 12.2 Å². The number of carbonyl (C=O) groups excluding carboxylic acids is 1. The van der Waals surface area contributed by atoms with Crippen LogP contribution in [0, 0.1) is 0 Å². The maximum atomic E-state index is 12.0. The molecule has 0 saturated heterocycles. The Morgan fingerprint density at radius 3 is 2.76 bits per heavy atom. The van der Waals surface area contributed by atoms with Crippen molar-refractivity contribution in [2.45, 2.75) is 13.3 Å². The van der Waals surface area contributed by atoms with Crippen LogP contribution in [-0.4, -0.2) is 41.3 Å². The Balaban J connectivity index is 1.71. The molecule has 2 N–H and O–H groups in total. The van der Waals surface area contributed by atoms with Crippen LogP contribution in [0.3, 0.4) is 0 Å². The van der Waals surface area contributed by atoms with Gasteiger partial charge in [-0.2, -0.15) is 0 Å². The summed E-state index contributed by atoms with van der Waals surface area (Å²) in [7, 11) is 0. The molecule has 9 heteroatoms. The van der Waals surface area contributed by atoms with Gasteiger partial charge in [0.05, 0.1) is 5.69 Å². The average molecular weight is 284 g/mol. The highest BCUT2D eigenvalue weighted by molar-refractivity contribution is 6.01. The maximum Gasteiger partial charge on any atom is 0.295 e. The fraction of sp³-hybridized carbons (Fsp3) is 0.167. The number of H-pyrrole nitrogens is 1. The molecule has 0 aliphatic carbocycles. The zero-order valence-electron chi connectivity index (χ0n) is 11.2. The van der Waals surface area contributed by atoms with Gasteiger partial charge in [0.15, 0.2) is 0 Å². The molecule has 0 spiro atoms. The lowest BCUT2D eigenvalue weighted by Gasteiger charge is -2.04. The molecule has 0 bridgehead atoms. The number of benzene rings is 1. The number of hydrogen-bond acceptors (Lipinski definition) is 6. The Hall–Kier alpha value is -3.10. The van der Waals surface area contributed by atoms with E-state index in [4.69, 9.17) is 0 Å². The number of aryl methyl sites for hydroxylation is 1. The molecule has 0 radical (unpaired) electrons. The van der Waals surface area contributed by atoms with Crippen LogP contribution in [0.2, 0.25) is 0 Å². The minimum atomic E-state index is -0.360. The molecule has 9 nitrogen and oxygen atoms in total. The van der Waals surface area contributed by atoms with Crippen LogP contribution in [0.15, 0.2) is 30.6 Å². The minimum absolute atomic E-state index is 0.122. The predicted molar refractivity (Wildman–Crippen MR) is 72.9 cm³/mol. The third-order valence-corrected chi connectivity index (χ3v) is 2.81. The topological polar surface area (TPSA) is 114 Å². The van der Waals surface area contributed by atoms with Crippen molar-refractivity contribution in [1.82, 2.24) is 35.4 Å². The normalized spacial score (nSPS) is 10.5. The van der Waals surface area contributed by atoms with E-state index in [0.717, 1.165) is 5.69 Å². The highest BCUT2D eigenvalue weighted by atomic mass is 16.2. The number of carbonyl (C=O) groups is 1. The summed E-state index contributed by atoms with van der Waals surface area (Å²) in [6, 6.07) is 7.09. The van der Waals surface area contributed by atoms with Gasteiger partial charge < -0.3 is 5.32 Å². The molecule has 0 aliphatic heterocycles. The fourth-order valence-electron chi connectivity index (χ4n) is 1.72. The van der Waals surface area contributed by atoms with E-state index in [-0.39, 0.29) is 11.7 Å². The van der Waals surface area contributed by atoms with Crippen LogP contribution in [0.5, 0.6) is 0 Å². The molecule has 106 valence electrons. The first-order chi connectivity index (χ1) is 10.3. The lowest BCUT2D eigenvalue weighted by molar-refractivity contribution is 0.101. The van der Waals surface area contributed by atoms with E-state index in [1.807, 2.05) is 6.92 Å². The summed E-state index contributed by atoms with van der Waals surface area (Å²) in [5.74, 6) is 0.437. The molecule has 0 unspecified atom stereocenters. The Kier molecular flexibility index (Phi) is 3.37. The zero-order valence-corrected chi connectivity index (χ0v) is 11.2. The highest BCUT2D eigenvalue weighted by Gasteiger charge is 2.12. The van der Waals surface area contributed by atoms with Crippen molar-refractivity contribution in [2.75, 3.05) is 5.32 Å². The number of amides is 1. The van der Waals surface area contributed by atoms with Crippen molar-refractivity contribution in [3.8, 4) is 5.69 Å².